The number of benzene rings is 1. The number of carbonyl (C=O) groups is 1. The molecule has 0 radical (unpaired) electrons. The van der Waals surface area contributed by atoms with Gasteiger partial charge in [0.1, 0.15) is 11.2 Å². The van der Waals surface area contributed by atoms with Gasteiger partial charge in [0.25, 0.3) is 5.91 Å². The van der Waals surface area contributed by atoms with Crippen molar-refractivity contribution in [3.05, 3.63) is 35.6 Å². The third-order valence-corrected chi connectivity index (χ3v) is 4.13. The lowest BCUT2D eigenvalue weighted by molar-refractivity contribution is -0.129. The Bertz CT molecular complexity index is 430. The predicted octanol–water partition coefficient (Wildman–Crippen LogP) is 3.20. The average Bonchev–Trinajstić information content (AvgIpc) is 2.76. The molecule has 1 saturated heterocycles. The van der Waals surface area contributed by atoms with Crippen molar-refractivity contribution < 1.29 is 9.18 Å². The Hall–Kier alpha value is -0.450. The van der Waals surface area contributed by atoms with E-state index in [4.69, 9.17) is 23.2 Å². The molecule has 17 heavy (non-hydrogen) atoms. The van der Waals surface area contributed by atoms with Gasteiger partial charge < -0.3 is 4.90 Å². The Morgan fingerprint density at radius 2 is 2.29 bits per heavy atom. The van der Waals surface area contributed by atoms with Crippen molar-refractivity contribution >= 4 is 40.9 Å². The minimum atomic E-state index is -1.07. The molecule has 2 rings (SSSR count). The van der Waals surface area contributed by atoms with E-state index in [9.17, 15) is 9.18 Å². The van der Waals surface area contributed by atoms with Crippen molar-refractivity contribution in [3.8, 4) is 0 Å². The first-order chi connectivity index (χ1) is 8.09. The van der Waals surface area contributed by atoms with Crippen molar-refractivity contribution in [3.63, 3.8) is 0 Å². The monoisotopic (exact) mass is 293 g/mol. The molecule has 1 heterocycles. The van der Waals surface area contributed by atoms with Gasteiger partial charge in [-0.15, -0.1) is 11.8 Å². The van der Waals surface area contributed by atoms with E-state index in [1.165, 1.54) is 12.1 Å². The quantitative estimate of drug-likeness (QED) is 0.781. The van der Waals surface area contributed by atoms with Crippen LogP contribution in [-0.2, 0) is 4.79 Å². The summed E-state index contributed by atoms with van der Waals surface area (Å²) >= 11 is 12.7. The second-order valence-corrected chi connectivity index (χ2v) is 5.89. The van der Waals surface area contributed by atoms with Crippen LogP contribution in [-0.4, -0.2) is 27.9 Å². The molecule has 2 nitrogen and oxygen atoms in total. The van der Waals surface area contributed by atoms with Crippen LogP contribution in [0.5, 0.6) is 0 Å². The van der Waals surface area contributed by atoms with Crippen LogP contribution in [0.25, 0.3) is 0 Å². The highest BCUT2D eigenvalue weighted by molar-refractivity contribution is 7.99. The lowest BCUT2D eigenvalue weighted by Gasteiger charge is -2.24. The van der Waals surface area contributed by atoms with Crippen molar-refractivity contribution in [2.24, 2.45) is 0 Å². The van der Waals surface area contributed by atoms with E-state index >= 15 is 0 Å². The summed E-state index contributed by atoms with van der Waals surface area (Å²) in [6, 6.07) is 6.23. The summed E-state index contributed by atoms with van der Waals surface area (Å²) in [6.45, 7) is 0.584. The van der Waals surface area contributed by atoms with Crippen LogP contribution in [0.2, 0.25) is 0 Å². The van der Waals surface area contributed by atoms with Gasteiger partial charge in [-0.3, -0.25) is 4.79 Å². The number of thioether (sulfide) groups is 1. The molecule has 1 amide bonds. The number of nitrogens with zero attached hydrogens (tertiary/aromatic N) is 1. The van der Waals surface area contributed by atoms with E-state index in [0.29, 0.717) is 6.54 Å². The van der Waals surface area contributed by atoms with E-state index < -0.39 is 4.84 Å². The first kappa shape index (κ1) is 13.0. The molecule has 1 fully saturated rings. The van der Waals surface area contributed by atoms with Crippen LogP contribution in [0.1, 0.15) is 10.9 Å². The fourth-order valence-electron chi connectivity index (χ4n) is 1.76. The van der Waals surface area contributed by atoms with Crippen LogP contribution >= 0.6 is 35.0 Å². The van der Waals surface area contributed by atoms with Crippen molar-refractivity contribution in [1.29, 1.82) is 0 Å². The van der Waals surface area contributed by atoms with Gasteiger partial charge >= 0.3 is 0 Å². The molecule has 1 atom stereocenters. The van der Waals surface area contributed by atoms with Gasteiger partial charge in [-0.2, -0.15) is 0 Å². The molecule has 1 aromatic rings. The van der Waals surface area contributed by atoms with E-state index in [1.807, 2.05) is 0 Å². The first-order valence-electron chi connectivity index (χ1n) is 5.05. The first-order valence-corrected chi connectivity index (χ1v) is 6.97. The summed E-state index contributed by atoms with van der Waals surface area (Å²) in [4.78, 5) is 12.3. The van der Waals surface area contributed by atoms with Crippen molar-refractivity contribution in [1.82, 2.24) is 4.90 Å². The molecule has 0 aliphatic carbocycles. The Labute approximate surface area is 113 Å². The van der Waals surface area contributed by atoms with E-state index in [-0.39, 0.29) is 17.1 Å². The smallest absolute Gasteiger partial charge is 0.257 e. The molecular weight excluding hydrogens is 284 g/mol. The lowest BCUT2D eigenvalue weighted by atomic mass is 10.2. The second kappa shape index (κ2) is 5.46. The van der Waals surface area contributed by atoms with Crippen LogP contribution < -0.4 is 0 Å². The zero-order valence-corrected chi connectivity index (χ0v) is 11.1. The molecule has 0 N–H and O–H groups in total. The molecular formula is C11H10Cl2FNOS. The summed E-state index contributed by atoms with van der Waals surface area (Å²) in [5.41, 5.74) is 0.759. The Kier molecular flexibility index (Phi) is 4.17. The number of hydrogen-bond acceptors (Lipinski definition) is 2. The fraction of sp³-hybridized carbons (Fsp3) is 0.364. The van der Waals surface area contributed by atoms with Gasteiger partial charge in [-0.05, 0) is 17.7 Å². The van der Waals surface area contributed by atoms with Crippen LogP contribution in [0.15, 0.2) is 24.3 Å². The molecule has 0 aromatic heterocycles. The number of alkyl halides is 2. The predicted molar refractivity (Wildman–Crippen MR) is 68.8 cm³/mol. The van der Waals surface area contributed by atoms with Crippen LogP contribution in [0.3, 0.4) is 0 Å². The molecule has 6 heteroatoms. The summed E-state index contributed by atoms with van der Waals surface area (Å²) in [5.74, 6) is 0.163. The topological polar surface area (TPSA) is 20.3 Å². The van der Waals surface area contributed by atoms with Gasteiger partial charge in [0.05, 0.1) is 0 Å². The van der Waals surface area contributed by atoms with E-state index in [0.717, 1.165) is 11.3 Å². The Morgan fingerprint density at radius 1 is 1.53 bits per heavy atom. The van der Waals surface area contributed by atoms with Gasteiger partial charge in [0.15, 0.2) is 4.84 Å². The molecule has 1 aliphatic rings. The number of hydrogen-bond donors (Lipinski definition) is 0. The zero-order valence-electron chi connectivity index (χ0n) is 8.78. The largest absolute Gasteiger partial charge is 0.323 e. The second-order valence-electron chi connectivity index (χ2n) is 3.61. The minimum absolute atomic E-state index is 0.196. The highest BCUT2D eigenvalue weighted by Gasteiger charge is 2.33. The van der Waals surface area contributed by atoms with Crippen molar-refractivity contribution in [2.75, 3.05) is 12.3 Å². The minimum Gasteiger partial charge on any atom is -0.323 e. The van der Waals surface area contributed by atoms with Gasteiger partial charge in [-0.1, -0.05) is 35.3 Å². The van der Waals surface area contributed by atoms with Crippen LogP contribution in [0.4, 0.5) is 4.39 Å². The Morgan fingerprint density at radius 3 is 2.94 bits per heavy atom. The normalized spacial score (nSPS) is 20.0. The fourth-order valence-corrected chi connectivity index (χ4v) is 3.26. The summed E-state index contributed by atoms with van der Waals surface area (Å²) in [7, 11) is 0. The maximum atomic E-state index is 13.1. The lowest BCUT2D eigenvalue weighted by Crippen LogP contribution is -2.34. The molecule has 0 bridgehead atoms. The summed E-state index contributed by atoms with van der Waals surface area (Å²) < 4.78 is 13.1. The SMILES string of the molecule is O=C(C(Cl)Cl)N1CCS[C@@H]1c1cccc(F)c1. The molecule has 1 aromatic carbocycles. The number of carbonyl (C=O) groups excluding carboxylic acids is 1. The highest BCUT2D eigenvalue weighted by atomic mass is 35.5. The van der Waals surface area contributed by atoms with Crippen molar-refractivity contribution in [2.45, 2.75) is 10.2 Å². The molecule has 1 aliphatic heterocycles. The molecule has 0 spiro atoms. The van der Waals surface area contributed by atoms with E-state index in [1.54, 1.807) is 28.8 Å². The third-order valence-electron chi connectivity index (χ3n) is 2.49. The Balaban J connectivity index is 2.23. The maximum Gasteiger partial charge on any atom is 0.257 e. The highest BCUT2D eigenvalue weighted by Crippen LogP contribution is 2.38. The number of rotatable bonds is 2. The standard InChI is InChI=1S/C11H10Cl2FNOS/c12-9(13)10(16)15-4-5-17-11(15)7-2-1-3-8(14)6-7/h1-3,6,9,11H,4-5H2/t11-/m1/s1. The molecule has 0 saturated carbocycles. The number of amides is 1. The van der Waals surface area contributed by atoms with Gasteiger partial charge in [-0.25, -0.2) is 4.39 Å². The third kappa shape index (κ3) is 2.87. The number of halogens is 3. The molecule has 92 valence electrons. The zero-order chi connectivity index (χ0) is 12.4. The van der Waals surface area contributed by atoms with Crippen LogP contribution in [0, 0.1) is 5.82 Å². The molecule has 0 unspecified atom stereocenters. The summed E-state index contributed by atoms with van der Waals surface area (Å²) in [5, 5.41) is -0.196. The van der Waals surface area contributed by atoms with Gasteiger partial charge in [0, 0.05) is 12.3 Å². The summed E-state index contributed by atoms with van der Waals surface area (Å²) in [6.07, 6.45) is 0. The van der Waals surface area contributed by atoms with E-state index in [2.05, 4.69) is 0 Å². The average molecular weight is 294 g/mol. The van der Waals surface area contributed by atoms with Gasteiger partial charge in [0.2, 0.25) is 0 Å². The maximum absolute atomic E-state index is 13.1.